The molecule has 2 N–H and O–H groups in total. The SMILES string of the molecule is COCC1(CNC(=O)CC(C)C(=O)c2cccc(F)c2)CCNCC1. The molecule has 1 unspecified atom stereocenters. The fourth-order valence-corrected chi connectivity index (χ4v) is 3.29. The van der Waals surface area contributed by atoms with Crippen LogP contribution in [0.4, 0.5) is 4.39 Å². The lowest BCUT2D eigenvalue weighted by molar-refractivity contribution is -0.122. The second-order valence-electron chi connectivity index (χ2n) is 6.94. The number of methoxy groups -OCH3 is 1. The van der Waals surface area contributed by atoms with Crippen LogP contribution < -0.4 is 10.6 Å². The number of halogens is 1. The van der Waals surface area contributed by atoms with Gasteiger partial charge in [0.05, 0.1) is 6.61 Å². The monoisotopic (exact) mass is 350 g/mol. The first-order chi connectivity index (χ1) is 12.0. The van der Waals surface area contributed by atoms with Crippen LogP contribution in [0, 0.1) is 17.2 Å². The minimum absolute atomic E-state index is 0.0501. The smallest absolute Gasteiger partial charge is 0.220 e. The van der Waals surface area contributed by atoms with Gasteiger partial charge in [-0.25, -0.2) is 4.39 Å². The van der Waals surface area contributed by atoms with Crippen molar-refractivity contribution in [1.82, 2.24) is 10.6 Å². The Morgan fingerprint density at radius 2 is 2.08 bits per heavy atom. The van der Waals surface area contributed by atoms with E-state index in [4.69, 9.17) is 4.74 Å². The van der Waals surface area contributed by atoms with Crippen molar-refractivity contribution in [2.45, 2.75) is 26.2 Å². The summed E-state index contributed by atoms with van der Waals surface area (Å²) in [6.45, 7) is 4.67. The lowest BCUT2D eigenvalue weighted by atomic mass is 9.79. The van der Waals surface area contributed by atoms with Crippen LogP contribution in [-0.2, 0) is 9.53 Å². The maximum absolute atomic E-state index is 13.2. The molecule has 0 aromatic heterocycles. The molecule has 0 saturated carbocycles. The molecule has 1 heterocycles. The first-order valence-electron chi connectivity index (χ1n) is 8.72. The molecule has 1 aromatic rings. The van der Waals surface area contributed by atoms with E-state index >= 15 is 0 Å². The van der Waals surface area contributed by atoms with E-state index in [1.54, 1.807) is 20.1 Å². The molecule has 1 amide bonds. The Balaban J connectivity index is 1.87. The normalized spacial score (nSPS) is 17.7. The van der Waals surface area contributed by atoms with Gasteiger partial charge in [0.25, 0.3) is 0 Å². The van der Waals surface area contributed by atoms with Crippen molar-refractivity contribution in [2.24, 2.45) is 11.3 Å². The Bertz CT molecular complexity index is 595. The predicted molar refractivity (Wildman–Crippen MR) is 93.9 cm³/mol. The Morgan fingerprint density at radius 1 is 1.36 bits per heavy atom. The number of carbonyl (C=O) groups is 2. The van der Waals surface area contributed by atoms with E-state index in [0.29, 0.717) is 18.7 Å². The molecular formula is C19H27FN2O3. The van der Waals surface area contributed by atoms with Crippen LogP contribution in [0.5, 0.6) is 0 Å². The van der Waals surface area contributed by atoms with Crippen LogP contribution in [0.1, 0.15) is 36.5 Å². The molecular weight excluding hydrogens is 323 g/mol. The lowest BCUT2D eigenvalue weighted by Crippen LogP contribution is -2.47. The molecule has 1 fully saturated rings. The Hall–Kier alpha value is -1.79. The van der Waals surface area contributed by atoms with Crippen LogP contribution in [0.25, 0.3) is 0 Å². The van der Waals surface area contributed by atoms with Gasteiger partial charge in [0.15, 0.2) is 5.78 Å². The third-order valence-corrected chi connectivity index (χ3v) is 4.82. The van der Waals surface area contributed by atoms with E-state index in [0.717, 1.165) is 25.9 Å². The molecule has 2 rings (SSSR count). The summed E-state index contributed by atoms with van der Waals surface area (Å²) in [5.74, 6) is -1.32. The highest BCUT2D eigenvalue weighted by Crippen LogP contribution is 2.28. The van der Waals surface area contributed by atoms with E-state index in [-0.39, 0.29) is 23.5 Å². The van der Waals surface area contributed by atoms with Crippen molar-refractivity contribution in [3.05, 3.63) is 35.6 Å². The number of hydrogen-bond acceptors (Lipinski definition) is 4. The van der Waals surface area contributed by atoms with Crippen molar-refractivity contribution < 1.29 is 18.7 Å². The summed E-state index contributed by atoms with van der Waals surface area (Å²) in [6.07, 6.45) is 1.98. The number of amides is 1. The summed E-state index contributed by atoms with van der Waals surface area (Å²) in [7, 11) is 1.67. The second-order valence-corrected chi connectivity index (χ2v) is 6.94. The van der Waals surface area contributed by atoms with Gasteiger partial charge in [-0.05, 0) is 38.1 Å². The minimum Gasteiger partial charge on any atom is -0.384 e. The van der Waals surface area contributed by atoms with Crippen LogP contribution in [0.2, 0.25) is 0 Å². The van der Waals surface area contributed by atoms with Gasteiger partial charge in [-0.15, -0.1) is 0 Å². The first-order valence-corrected chi connectivity index (χ1v) is 8.72. The molecule has 1 saturated heterocycles. The summed E-state index contributed by atoms with van der Waals surface area (Å²) in [6, 6.07) is 5.57. The zero-order chi connectivity index (χ0) is 18.3. The molecule has 1 aliphatic heterocycles. The molecule has 5 nitrogen and oxygen atoms in total. The highest BCUT2D eigenvalue weighted by molar-refractivity contribution is 5.99. The Kier molecular flexibility index (Phi) is 7.08. The molecule has 0 bridgehead atoms. The van der Waals surface area contributed by atoms with Gasteiger partial charge < -0.3 is 15.4 Å². The quantitative estimate of drug-likeness (QED) is 0.705. The average Bonchev–Trinajstić information content (AvgIpc) is 2.60. The van der Waals surface area contributed by atoms with Gasteiger partial charge in [0.1, 0.15) is 5.82 Å². The summed E-state index contributed by atoms with van der Waals surface area (Å²) in [4.78, 5) is 24.6. The summed E-state index contributed by atoms with van der Waals surface area (Å²) >= 11 is 0. The van der Waals surface area contributed by atoms with Gasteiger partial charge in [-0.3, -0.25) is 9.59 Å². The lowest BCUT2D eigenvalue weighted by Gasteiger charge is -2.37. The molecule has 1 aromatic carbocycles. The number of piperidine rings is 1. The van der Waals surface area contributed by atoms with E-state index in [1.165, 1.54) is 18.2 Å². The van der Waals surface area contributed by atoms with Crippen LogP contribution in [0.15, 0.2) is 24.3 Å². The fourth-order valence-electron chi connectivity index (χ4n) is 3.29. The van der Waals surface area contributed by atoms with E-state index in [2.05, 4.69) is 10.6 Å². The van der Waals surface area contributed by atoms with Crippen molar-refractivity contribution in [1.29, 1.82) is 0 Å². The number of benzene rings is 1. The van der Waals surface area contributed by atoms with Gasteiger partial charge in [-0.2, -0.15) is 0 Å². The van der Waals surface area contributed by atoms with Crippen LogP contribution in [-0.4, -0.2) is 45.0 Å². The topological polar surface area (TPSA) is 67.4 Å². The maximum Gasteiger partial charge on any atom is 0.220 e. The molecule has 1 atom stereocenters. The minimum atomic E-state index is -0.492. The number of ketones is 1. The van der Waals surface area contributed by atoms with E-state index in [1.807, 2.05) is 0 Å². The van der Waals surface area contributed by atoms with Gasteiger partial charge in [0, 0.05) is 37.0 Å². The standard InChI is InChI=1S/C19H27FN2O3/c1-14(18(24)15-4-3-5-16(20)11-15)10-17(23)22-12-19(13-25-2)6-8-21-9-7-19/h3-5,11,14,21H,6-10,12-13H2,1-2H3,(H,22,23). The van der Waals surface area contributed by atoms with Crippen LogP contribution >= 0.6 is 0 Å². The number of Topliss-reactive ketones (excluding diaryl/α,β-unsaturated/α-hetero) is 1. The molecule has 138 valence electrons. The zero-order valence-electron chi connectivity index (χ0n) is 14.9. The van der Waals surface area contributed by atoms with E-state index < -0.39 is 11.7 Å². The van der Waals surface area contributed by atoms with E-state index in [9.17, 15) is 14.0 Å². The van der Waals surface area contributed by atoms with Gasteiger partial charge in [-0.1, -0.05) is 19.1 Å². The largest absolute Gasteiger partial charge is 0.384 e. The Morgan fingerprint density at radius 3 is 2.72 bits per heavy atom. The van der Waals surface area contributed by atoms with Crippen LogP contribution in [0.3, 0.4) is 0 Å². The highest BCUT2D eigenvalue weighted by atomic mass is 19.1. The first kappa shape index (κ1) is 19.5. The zero-order valence-corrected chi connectivity index (χ0v) is 14.9. The third-order valence-electron chi connectivity index (χ3n) is 4.82. The molecule has 1 aliphatic rings. The molecule has 0 aliphatic carbocycles. The number of rotatable bonds is 8. The van der Waals surface area contributed by atoms with Gasteiger partial charge >= 0.3 is 0 Å². The van der Waals surface area contributed by atoms with Crippen molar-refractivity contribution in [2.75, 3.05) is 33.4 Å². The highest BCUT2D eigenvalue weighted by Gasteiger charge is 2.32. The number of carbonyl (C=O) groups excluding carboxylic acids is 2. The molecule has 6 heteroatoms. The maximum atomic E-state index is 13.2. The predicted octanol–water partition coefficient (Wildman–Crippen LogP) is 2.17. The van der Waals surface area contributed by atoms with Crippen molar-refractivity contribution in [3.8, 4) is 0 Å². The average molecular weight is 350 g/mol. The molecule has 0 spiro atoms. The second kappa shape index (κ2) is 9.06. The number of hydrogen-bond donors (Lipinski definition) is 2. The number of nitrogens with one attached hydrogen (secondary N) is 2. The van der Waals surface area contributed by atoms with Crippen molar-refractivity contribution >= 4 is 11.7 Å². The molecule has 25 heavy (non-hydrogen) atoms. The summed E-state index contributed by atoms with van der Waals surface area (Å²) < 4.78 is 18.6. The van der Waals surface area contributed by atoms with Crippen molar-refractivity contribution in [3.63, 3.8) is 0 Å². The summed E-state index contributed by atoms with van der Waals surface area (Å²) in [5.41, 5.74) is 0.250. The fraction of sp³-hybridized carbons (Fsp3) is 0.579. The summed E-state index contributed by atoms with van der Waals surface area (Å²) in [5, 5.41) is 6.27. The van der Waals surface area contributed by atoms with Gasteiger partial charge in [0.2, 0.25) is 5.91 Å². The third kappa shape index (κ3) is 5.61. The Labute approximate surface area is 148 Å². The molecule has 0 radical (unpaired) electrons. The number of ether oxygens (including phenoxy) is 1.